The zero-order valence-corrected chi connectivity index (χ0v) is 7.00. The van der Waals surface area contributed by atoms with Gasteiger partial charge in [-0.05, 0) is 0 Å². The zero-order valence-electron chi connectivity index (χ0n) is 5.13. The fourth-order valence-electron chi connectivity index (χ4n) is 0.640. The molecule has 0 aliphatic rings. The number of phenolic OH excluding ortho intramolecular Hbond substituents is 1. The molecule has 0 heterocycles. The first-order valence-electron chi connectivity index (χ1n) is 2.69. The van der Waals surface area contributed by atoms with Crippen LogP contribution in [-0.2, 0) is 0 Å². The number of benzene rings is 1. The molecule has 1 aromatic carbocycles. The maximum atomic E-state index is 8.93. The normalized spacial score (nSPS) is 9.56. The van der Waals surface area contributed by atoms with Gasteiger partial charge in [0, 0.05) is 0 Å². The molecule has 0 spiro atoms. The van der Waals surface area contributed by atoms with Gasteiger partial charge in [-0.25, -0.2) is 0 Å². The first-order valence-corrected chi connectivity index (χ1v) is 3.62. The van der Waals surface area contributed by atoms with E-state index >= 15 is 0 Å². The van der Waals surface area contributed by atoms with Crippen molar-refractivity contribution < 1.29 is 5.11 Å². The predicted octanol–water partition coefficient (Wildman–Crippen LogP) is 0.494. The summed E-state index contributed by atoms with van der Waals surface area (Å²) in [5, 5.41) is 8.93. The van der Waals surface area contributed by atoms with Crippen molar-refractivity contribution in [3.8, 4) is 5.75 Å². The maximum absolute atomic E-state index is 8.93. The van der Waals surface area contributed by atoms with Crippen molar-refractivity contribution in [2.75, 3.05) is 0 Å². The van der Waals surface area contributed by atoms with E-state index in [0.29, 0.717) is 5.75 Å². The van der Waals surface area contributed by atoms with Crippen LogP contribution in [0.1, 0.15) is 5.56 Å². The van der Waals surface area contributed by atoms with E-state index in [2.05, 4.69) is 16.9 Å². The van der Waals surface area contributed by atoms with Crippen molar-refractivity contribution in [2.45, 2.75) is 6.92 Å². The number of aromatic hydroxyl groups is 1. The molecule has 46 valence electrons. The van der Waals surface area contributed by atoms with Crippen LogP contribution in [0.5, 0.6) is 5.75 Å². The Bertz CT molecular complexity index is 220. The molecular formula is C7H7AsO. The molecule has 0 unspecified atom stereocenters. The number of phenols is 1. The molecule has 0 saturated carbocycles. The summed E-state index contributed by atoms with van der Waals surface area (Å²) in [6, 6.07) is 5.30. The molecule has 0 fully saturated rings. The predicted molar refractivity (Wildman–Crippen MR) is 38.2 cm³/mol. The molecule has 1 rings (SSSR count). The van der Waals surface area contributed by atoms with Crippen molar-refractivity contribution in [3.63, 3.8) is 0 Å². The van der Waals surface area contributed by atoms with Crippen LogP contribution >= 0.6 is 0 Å². The minimum atomic E-state index is 0.335. The summed E-state index contributed by atoms with van der Waals surface area (Å²) in [4.78, 5) is 0. The molecule has 9 heavy (non-hydrogen) atoms. The van der Waals surface area contributed by atoms with E-state index < -0.39 is 0 Å². The summed E-state index contributed by atoms with van der Waals surface area (Å²) in [6.45, 7) is 1.97. The Balaban J connectivity index is 3.17. The van der Waals surface area contributed by atoms with E-state index in [1.807, 2.05) is 13.0 Å². The van der Waals surface area contributed by atoms with Gasteiger partial charge >= 0.3 is 62.7 Å². The van der Waals surface area contributed by atoms with E-state index in [0.717, 1.165) is 9.91 Å². The Morgan fingerprint density at radius 1 is 1.44 bits per heavy atom. The van der Waals surface area contributed by atoms with Crippen molar-refractivity contribution in [2.24, 2.45) is 0 Å². The molecule has 0 bridgehead atoms. The summed E-state index contributed by atoms with van der Waals surface area (Å²) < 4.78 is 1.15. The minimum absolute atomic E-state index is 0.335. The number of hydrogen-bond acceptors (Lipinski definition) is 1. The summed E-state index contributed by atoms with van der Waals surface area (Å²) >= 11 is 2.45. The summed E-state index contributed by atoms with van der Waals surface area (Å²) in [5.41, 5.74) is 1.11. The Kier molecular flexibility index (Phi) is 1.82. The van der Waals surface area contributed by atoms with E-state index in [-0.39, 0.29) is 0 Å². The van der Waals surface area contributed by atoms with E-state index in [1.54, 1.807) is 12.1 Å². The molecule has 0 aromatic heterocycles. The number of aryl methyl sites for hydroxylation is 1. The molecule has 0 aliphatic carbocycles. The second kappa shape index (κ2) is 2.45. The first kappa shape index (κ1) is 6.70. The molecule has 0 amide bonds. The molecular weight excluding hydrogens is 175 g/mol. The van der Waals surface area contributed by atoms with Crippen LogP contribution in [0.2, 0.25) is 0 Å². The quantitative estimate of drug-likeness (QED) is 0.579. The summed E-state index contributed by atoms with van der Waals surface area (Å²) in [6.07, 6.45) is 0. The van der Waals surface area contributed by atoms with Gasteiger partial charge in [0.05, 0.1) is 0 Å². The van der Waals surface area contributed by atoms with Crippen molar-refractivity contribution >= 4 is 21.2 Å². The molecule has 0 saturated heterocycles. The molecule has 1 N–H and O–H groups in total. The SMILES string of the molecule is Cc1cc(O)ccc1[As]. The Morgan fingerprint density at radius 3 is 2.56 bits per heavy atom. The Morgan fingerprint density at radius 2 is 2.11 bits per heavy atom. The third-order valence-corrected chi connectivity index (χ3v) is 2.23. The van der Waals surface area contributed by atoms with Gasteiger partial charge in [-0.2, -0.15) is 0 Å². The third kappa shape index (κ3) is 1.49. The van der Waals surface area contributed by atoms with Crippen LogP contribution in [0.15, 0.2) is 18.2 Å². The Hall–Kier alpha value is -0.422. The average molecular weight is 182 g/mol. The fraction of sp³-hybridized carbons (Fsp3) is 0.143. The van der Waals surface area contributed by atoms with Crippen LogP contribution in [0.3, 0.4) is 0 Å². The van der Waals surface area contributed by atoms with Crippen molar-refractivity contribution in [3.05, 3.63) is 23.8 Å². The standard InChI is InChI=1S/C7H7AsO/c1-5-4-6(9)2-3-7(5)8/h2-4,9H,1H3. The van der Waals surface area contributed by atoms with Gasteiger partial charge in [-0.1, -0.05) is 0 Å². The summed E-state index contributed by atoms with van der Waals surface area (Å²) in [7, 11) is 0. The zero-order chi connectivity index (χ0) is 6.85. The van der Waals surface area contributed by atoms with Crippen molar-refractivity contribution in [1.82, 2.24) is 0 Å². The van der Waals surface area contributed by atoms with Crippen LogP contribution in [0.4, 0.5) is 0 Å². The van der Waals surface area contributed by atoms with Crippen LogP contribution in [0.25, 0.3) is 0 Å². The average Bonchev–Trinajstić information content (AvgIpc) is 1.80. The summed E-state index contributed by atoms with van der Waals surface area (Å²) in [5.74, 6) is 0.335. The molecule has 0 atom stereocenters. The molecule has 2 radical (unpaired) electrons. The third-order valence-electron chi connectivity index (χ3n) is 1.18. The van der Waals surface area contributed by atoms with Gasteiger partial charge in [0.1, 0.15) is 0 Å². The van der Waals surface area contributed by atoms with Gasteiger partial charge in [-0.15, -0.1) is 0 Å². The van der Waals surface area contributed by atoms with E-state index in [4.69, 9.17) is 5.11 Å². The van der Waals surface area contributed by atoms with E-state index in [9.17, 15) is 0 Å². The number of rotatable bonds is 0. The molecule has 0 aliphatic heterocycles. The fourth-order valence-corrected chi connectivity index (χ4v) is 0.931. The van der Waals surface area contributed by atoms with Gasteiger partial charge < -0.3 is 0 Å². The van der Waals surface area contributed by atoms with Crippen LogP contribution in [0, 0.1) is 6.92 Å². The number of hydrogen-bond donors (Lipinski definition) is 1. The van der Waals surface area contributed by atoms with Gasteiger partial charge in [0.25, 0.3) is 0 Å². The monoisotopic (exact) mass is 182 g/mol. The van der Waals surface area contributed by atoms with Gasteiger partial charge in [-0.3, -0.25) is 0 Å². The van der Waals surface area contributed by atoms with Crippen LogP contribution in [-0.4, -0.2) is 22.0 Å². The molecule has 1 aromatic rings. The Labute approximate surface area is 63.2 Å². The second-order valence-corrected chi connectivity index (χ2v) is 2.98. The van der Waals surface area contributed by atoms with Gasteiger partial charge in [0.2, 0.25) is 0 Å². The second-order valence-electron chi connectivity index (χ2n) is 1.97. The van der Waals surface area contributed by atoms with E-state index in [1.165, 1.54) is 0 Å². The van der Waals surface area contributed by atoms with Crippen molar-refractivity contribution in [1.29, 1.82) is 0 Å². The van der Waals surface area contributed by atoms with Gasteiger partial charge in [0.15, 0.2) is 0 Å². The first-order chi connectivity index (χ1) is 4.20. The topological polar surface area (TPSA) is 20.2 Å². The molecule has 2 heteroatoms. The van der Waals surface area contributed by atoms with Crippen LogP contribution < -0.4 is 4.35 Å². The molecule has 1 nitrogen and oxygen atoms in total.